The van der Waals surface area contributed by atoms with E-state index in [1.165, 1.54) is 10.5 Å². The maximum absolute atomic E-state index is 12.7. The summed E-state index contributed by atoms with van der Waals surface area (Å²) in [4.78, 5) is 26.4. The van der Waals surface area contributed by atoms with Gasteiger partial charge >= 0.3 is 6.03 Å². The van der Waals surface area contributed by atoms with Crippen molar-refractivity contribution < 1.29 is 9.59 Å². The molecule has 23 heavy (non-hydrogen) atoms. The number of carbonyl (C=O) groups is 2. The second-order valence-electron chi connectivity index (χ2n) is 7.60. The minimum absolute atomic E-state index is 0.0797. The molecular formula is C18H25N3O2. The van der Waals surface area contributed by atoms with Crippen LogP contribution in [0.2, 0.25) is 0 Å². The fraction of sp³-hybridized carbons (Fsp3) is 0.556. The fourth-order valence-electron chi connectivity index (χ4n) is 3.30. The molecular weight excluding hydrogens is 290 g/mol. The van der Waals surface area contributed by atoms with Gasteiger partial charge in [-0.05, 0) is 42.5 Å². The second-order valence-corrected chi connectivity index (χ2v) is 7.60. The highest BCUT2D eigenvalue weighted by atomic mass is 16.2. The zero-order chi connectivity index (χ0) is 16.7. The number of amides is 3. The molecule has 124 valence electrons. The third-order valence-corrected chi connectivity index (χ3v) is 4.86. The molecule has 2 fully saturated rings. The van der Waals surface area contributed by atoms with Gasteiger partial charge in [-0.1, -0.05) is 45.0 Å². The number of nitrogens with zero attached hydrogens (tertiary/aromatic N) is 1. The smallest absolute Gasteiger partial charge is 0.323 e. The van der Waals surface area contributed by atoms with E-state index < -0.39 is 5.54 Å². The first kappa shape index (κ1) is 16.0. The molecule has 0 unspecified atom stereocenters. The molecule has 1 aromatic rings. The third kappa shape index (κ3) is 2.98. The normalized spacial score (nSPS) is 20.9. The van der Waals surface area contributed by atoms with Gasteiger partial charge in [0.15, 0.2) is 0 Å². The van der Waals surface area contributed by atoms with Crippen LogP contribution < -0.4 is 10.6 Å². The fourth-order valence-corrected chi connectivity index (χ4v) is 3.30. The molecule has 0 atom stereocenters. The molecule has 3 amide bonds. The lowest BCUT2D eigenvalue weighted by Crippen LogP contribution is -2.53. The van der Waals surface area contributed by atoms with Gasteiger partial charge in [0, 0.05) is 0 Å². The van der Waals surface area contributed by atoms with Crippen LogP contribution in [0, 0.1) is 0 Å². The van der Waals surface area contributed by atoms with Crippen LogP contribution in [0.1, 0.15) is 44.7 Å². The molecule has 2 aliphatic heterocycles. The Kier molecular flexibility index (Phi) is 3.92. The highest BCUT2D eigenvalue weighted by Gasteiger charge is 2.51. The molecule has 0 saturated carbocycles. The lowest BCUT2D eigenvalue weighted by atomic mass is 9.86. The van der Waals surface area contributed by atoms with Crippen molar-refractivity contribution in [3.8, 4) is 0 Å². The minimum atomic E-state index is -0.687. The van der Waals surface area contributed by atoms with Crippen molar-refractivity contribution in [2.75, 3.05) is 13.1 Å². The van der Waals surface area contributed by atoms with Crippen LogP contribution in [0.3, 0.4) is 0 Å². The summed E-state index contributed by atoms with van der Waals surface area (Å²) in [5, 5.41) is 6.16. The number of rotatable bonds is 2. The van der Waals surface area contributed by atoms with Gasteiger partial charge in [-0.2, -0.15) is 0 Å². The summed E-state index contributed by atoms with van der Waals surface area (Å²) in [6.07, 6.45) is 1.33. The summed E-state index contributed by atoms with van der Waals surface area (Å²) in [6, 6.07) is 7.91. The highest BCUT2D eigenvalue weighted by Crippen LogP contribution is 2.28. The van der Waals surface area contributed by atoms with Crippen molar-refractivity contribution in [3.05, 3.63) is 35.4 Å². The summed E-state index contributed by atoms with van der Waals surface area (Å²) in [5.74, 6) is -0.0797. The zero-order valence-electron chi connectivity index (χ0n) is 14.1. The molecule has 1 spiro atoms. The summed E-state index contributed by atoms with van der Waals surface area (Å²) in [6.45, 7) is 8.37. The molecule has 2 aliphatic rings. The Bertz CT molecular complexity index is 610. The minimum Gasteiger partial charge on any atom is -0.323 e. The van der Waals surface area contributed by atoms with E-state index in [0.717, 1.165) is 18.7 Å². The summed E-state index contributed by atoms with van der Waals surface area (Å²) in [5.41, 5.74) is 1.63. The van der Waals surface area contributed by atoms with E-state index >= 15 is 0 Å². The molecule has 0 aromatic heterocycles. The van der Waals surface area contributed by atoms with Crippen LogP contribution in [0.15, 0.2) is 24.3 Å². The van der Waals surface area contributed by atoms with Gasteiger partial charge in [-0.25, -0.2) is 4.79 Å². The quantitative estimate of drug-likeness (QED) is 0.822. The molecule has 0 aliphatic carbocycles. The first-order chi connectivity index (χ1) is 10.8. The zero-order valence-corrected chi connectivity index (χ0v) is 14.1. The van der Waals surface area contributed by atoms with Crippen LogP contribution in [0.5, 0.6) is 0 Å². The number of benzene rings is 1. The maximum atomic E-state index is 12.7. The monoisotopic (exact) mass is 315 g/mol. The topological polar surface area (TPSA) is 61.4 Å². The predicted molar refractivity (Wildman–Crippen MR) is 89.1 cm³/mol. The maximum Gasteiger partial charge on any atom is 0.325 e. The molecule has 0 bridgehead atoms. The van der Waals surface area contributed by atoms with Crippen molar-refractivity contribution in [3.63, 3.8) is 0 Å². The van der Waals surface area contributed by atoms with Crippen molar-refractivity contribution >= 4 is 11.9 Å². The Morgan fingerprint density at radius 1 is 1.09 bits per heavy atom. The standard InChI is InChI=1S/C18H25N3O2/c1-17(2,3)14-6-4-13(5-7-14)12-21-15(22)18(20-16(21)23)8-10-19-11-9-18/h4-7,19H,8-12H2,1-3H3,(H,20,23). The number of hydrogen-bond donors (Lipinski definition) is 2. The van der Waals surface area contributed by atoms with Crippen molar-refractivity contribution in [2.45, 2.75) is 51.1 Å². The number of nitrogens with one attached hydrogen (secondary N) is 2. The van der Waals surface area contributed by atoms with Crippen molar-refractivity contribution in [1.29, 1.82) is 0 Å². The van der Waals surface area contributed by atoms with Gasteiger partial charge in [0.05, 0.1) is 6.54 Å². The van der Waals surface area contributed by atoms with E-state index in [9.17, 15) is 9.59 Å². The highest BCUT2D eigenvalue weighted by molar-refractivity contribution is 6.07. The van der Waals surface area contributed by atoms with E-state index in [-0.39, 0.29) is 17.4 Å². The SMILES string of the molecule is CC(C)(C)c1ccc(CN2C(=O)NC3(CCNCC3)C2=O)cc1. The second kappa shape index (κ2) is 5.64. The number of hydrogen-bond acceptors (Lipinski definition) is 3. The Labute approximate surface area is 137 Å². The number of piperidine rings is 1. The average molecular weight is 315 g/mol. The summed E-state index contributed by atoms with van der Waals surface area (Å²) in [7, 11) is 0. The molecule has 1 aromatic carbocycles. The van der Waals surface area contributed by atoms with Crippen LogP contribution >= 0.6 is 0 Å². The molecule has 3 rings (SSSR count). The average Bonchev–Trinajstić information content (AvgIpc) is 2.72. The lowest BCUT2D eigenvalue weighted by molar-refractivity contribution is -0.132. The Hall–Kier alpha value is -1.88. The van der Waals surface area contributed by atoms with E-state index in [2.05, 4.69) is 43.5 Å². The van der Waals surface area contributed by atoms with Crippen LogP contribution in [-0.2, 0) is 16.8 Å². The van der Waals surface area contributed by atoms with Crippen LogP contribution in [0.25, 0.3) is 0 Å². The summed E-state index contributed by atoms with van der Waals surface area (Å²) >= 11 is 0. The Balaban J connectivity index is 1.75. The number of urea groups is 1. The predicted octanol–water partition coefficient (Wildman–Crippen LogP) is 2.16. The van der Waals surface area contributed by atoms with Gasteiger partial charge in [0.25, 0.3) is 5.91 Å². The van der Waals surface area contributed by atoms with Gasteiger partial charge in [-0.3, -0.25) is 9.69 Å². The molecule has 2 saturated heterocycles. The third-order valence-electron chi connectivity index (χ3n) is 4.86. The Morgan fingerprint density at radius 2 is 1.70 bits per heavy atom. The van der Waals surface area contributed by atoms with Crippen LogP contribution in [-0.4, -0.2) is 35.5 Å². The molecule has 5 heteroatoms. The van der Waals surface area contributed by atoms with E-state index in [4.69, 9.17) is 0 Å². The van der Waals surface area contributed by atoms with Crippen LogP contribution in [0.4, 0.5) is 4.79 Å². The number of imide groups is 1. The Morgan fingerprint density at radius 3 is 2.26 bits per heavy atom. The molecule has 0 radical (unpaired) electrons. The molecule has 2 N–H and O–H groups in total. The van der Waals surface area contributed by atoms with E-state index in [1.54, 1.807) is 0 Å². The van der Waals surface area contributed by atoms with Gasteiger partial charge in [0.1, 0.15) is 5.54 Å². The first-order valence-corrected chi connectivity index (χ1v) is 8.26. The first-order valence-electron chi connectivity index (χ1n) is 8.26. The molecule has 2 heterocycles. The van der Waals surface area contributed by atoms with E-state index in [0.29, 0.717) is 19.4 Å². The van der Waals surface area contributed by atoms with Crippen molar-refractivity contribution in [1.82, 2.24) is 15.5 Å². The van der Waals surface area contributed by atoms with Gasteiger partial charge < -0.3 is 10.6 Å². The van der Waals surface area contributed by atoms with Gasteiger partial charge in [0.2, 0.25) is 0 Å². The molecule has 5 nitrogen and oxygen atoms in total. The summed E-state index contributed by atoms with van der Waals surface area (Å²) < 4.78 is 0. The van der Waals surface area contributed by atoms with Crippen molar-refractivity contribution in [2.24, 2.45) is 0 Å². The van der Waals surface area contributed by atoms with Gasteiger partial charge in [-0.15, -0.1) is 0 Å². The lowest BCUT2D eigenvalue weighted by Gasteiger charge is -2.31. The largest absolute Gasteiger partial charge is 0.325 e. The number of carbonyl (C=O) groups excluding carboxylic acids is 2. The van der Waals surface area contributed by atoms with E-state index in [1.807, 2.05) is 12.1 Å².